The summed E-state index contributed by atoms with van der Waals surface area (Å²) in [5, 5.41) is 1.94. The Bertz CT molecular complexity index is 960. The topological polar surface area (TPSA) is 61.8 Å². The highest BCUT2D eigenvalue weighted by Crippen LogP contribution is 2.25. The molecule has 0 bridgehead atoms. The van der Waals surface area contributed by atoms with Crippen molar-refractivity contribution in [3.05, 3.63) is 66.2 Å². The number of fused-ring (bicyclic) bond motifs is 1. The van der Waals surface area contributed by atoms with Gasteiger partial charge >= 0.3 is 5.97 Å². The summed E-state index contributed by atoms with van der Waals surface area (Å²) in [4.78, 5) is 23.6. The van der Waals surface area contributed by atoms with Gasteiger partial charge in [0.15, 0.2) is 12.4 Å². The molecule has 0 aliphatic heterocycles. The van der Waals surface area contributed by atoms with E-state index in [1.54, 1.807) is 43.5 Å². The lowest BCUT2D eigenvalue weighted by Gasteiger charge is -2.08. The van der Waals surface area contributed by atoms with Crippen LogP contribution in [0.25, 0.3) is 10.8 Å². The largest absolute Gasteiger partial charge is 0.497 e. The molecule has 138 valence electrons. The van der Waals surface area contributed by atoms with E-state index in [9.17, 15) is 9.59 Å². The zero-order chi connectivity index (χ0) is 19.2. The van der Waals surface area contributed by atoms with Crippen molar-refractivity contribution >= 4 is 22.5 Å². The molecule has 5 heteroatoms. The van der Waals surface area contributed by atoms with Gasteiger partial charge in [-0.3, -0.25) is 4.79 Å². The molecule has 0 saturated heterocycles. The molecule has 0 unspecified atom stereocenters. The highest BCUT2D eigenvalue weighted by Gasteiger charge is 2.08. The summed E-state index contributed by atoms with van der Waals surface area (Å²) in [6, 6.07) is 17.8. The summed E-state index contributed by atoms with van der Waals surface area (Å²) >= 11 is 0. The molecule has 3 aromatic carbocycles. The van der Waals surface area contributed by atoms with Gasteiger partial charge < -0.3 is 14.2 Å². The highest BCUT2D eigenvalue weighted by atomic mass is 16.6. The van der Waals surface area contributed by atoms with E-state index in [1.165, 1.54) is 0 Å². The number of hydrogen-bond acceptors (Lipinski definition) is 5. The Balaban J connectivity index is 1.60. The van der Waals surface area contributed by atoms with Gasteiger partial charge in [-0.1, -0.05) is 19.1 Å². The van der Waals surface area contributed by atoms with Crippen LogP contribution in [-0.4, -0.2) is 25.5 Å². The third-order valence-corrected chi connectivity index (χ3v) is 4.10. The minimum absolute atomic E-state index is 0.0638. The number of Topliss-reactive ketones (excluding diaryl/α,β-unsaturated/α-hetero) is 1. The molecule has 0 aliphatic rings. The third kappa shape index (κ3) is 4.64. The van der Waals surface area contributed by atoms with Gasteiger partial charge in [0.25, 0.3) is 0 Å². The van der Waals surface area contributed by atoms with E-state index in [4.69, 9.17) is 14.2 Å². The molecule has 0 N–H and O–H groups in total. The Labute approximate surface area is 157 Å². The molecule has 0 aliphatic carbocycles. The summed E-state index contributed by atoms with van der Waals surface area (Å²) in [5.74, 6) is 1.23. The number of benzene rings is 3. The van der Waals surface area contributed by atoms with E-state index in [0.29, 0.717) is 23.5 Å². The average molecular weight is 364 g/mol. The van der Waals surface area contributed by atoms with Gasteiger partial charge in [-0.05, 0) is 59.3 Å². The van der Waals surface area contributed by atoms with Crippen molar-refractivity contribution in [1.29, 1.82) is 0 Å². The quantitative estimate of drug-likeness (QED) is 0.353. The van der Waals surface area contributed by atoms with Gasteiger partial charge in [0, 0.05) is 12.0 Å². The van der Waals surface area contributed by atoms with Crippen molar-refractivity contribution in [2.24, 2.45) is 0 Å². The van der Waals surface area contributed by atoms with E-state index < -0.39 is 5.97 Å². The molecule has 0 atom stereocenters. The van der Waals surface area contributed by atoms with Crippen LogP contribution in [0.1, 0.15) is 23.7 Å². The zero-order valence-electron chi connectivity index (χ0n) is 15.2. The van der Waals surface area contributed by atoms with Crippen LogP contribution in [0.2, 0.25) is 0 Å². The SMILES string of the molecule is CCC(=O)c1ccc(OCC(=O)Oc2ccc3ccc(OC)cc3c2)cc1. The maximum Gasteiger partial charge on any atom is 0.349 e. The second-order valence-corrected chi connectivity index (χ2v) is 5.94. The molecule has 0 fully saturated rings. The van der Waals surface area contributed by atoms with E-state index in [2.05, 4.69) is 0 Å². The van der Waals surface area contributed by atoms with Gasteiger partial charge in [-0.25, -0.2) is 4.79 Å². The molecule has 3 aromatic rings. The molecule has 0 spiro atoms. The maximum atomic E-state index is 12.0. The first-order chi connectivity index (χ1) is 13.1. The molecule has 0 aromatic heterocycles. The van der Waals surface area contributed by atoms with E-state index in [-0.39, 0.29) is 12.4 Å². The van der Waals surface area contributed by atoms with E-state index in [0.717, 1.165) is 16.5 Å². The van der Waals surface area contributed by atoms with Crippen molar-refractivity contribution in [3.8, 4) is 17.2 Å². The van der Waals surface area contributed by atoms with Crippen LogP contribution in [0.4, 0.5) is 0 Å². The lowest BCUT2D eigenvalue weighted by atomic mass is 10.1. The number of ketones is 1. The predicted molar refractivity (Wildman–Crippen MR) is 103 cm³/mol. The first-order valence-electron chi connectivity index (χ1n) is 8.63. The van der Waals surface area contributed by atoms with Crippen molar-refractivity contribution in [2.45, 2.75) is 13.3 Å². The molecule has 5 nitrogen and oxygen atoms in total. The standard InChI is InChI=1S/C22H20O5/c1-3-21(23)16-6-8-18(9-7-16)26-14-22(24)27-20-11-5-15-4-10-19(25-2)12-17(15)13-20/h4-13H,3,14H2,1-2H3. The number of hydrogen-bond donors (Lipinski definition) is 0. The summed E-state index contributed by atoms with van der Waals surface area (Å²) in [5.41, 5.74) is 0.624. The minimum atomic E-state index is -0.508. The third-order valence-electron chi connectivity index (χ3n) is 4.10. The first kappa shape index (κ1) is 18.5. The second-order valence-electron chi connectivity index (χ2n) is 5.94. The van der Waals surface area contributed by atoms with Crippen LogP contribution in [0, 0.1) is 0 Å². The Morgan fingerprint density at radius 3 is 2.11 bits per heavy atom. The normalized spacial score (nSPS) is 10.4. The number of carbonyl (C=O) groups excluding carboxylic acids is 2. The molecule has 27 heavy (non-hydrogen) atoms. The van der Waals surface area contributed by atoms with Crippen molar-refractivity contribution in [2.75, 3.05) is 13.7 Å². The number of rotatable bonds is 7. The molecule has 0 amide bonds. The summed E-state index contributed by atoms with van der Waals surface area (Å²) in [7, 11) is 1.60. The first-order valence-corrected chi connectivity index (χ1v) is 8.63. The van der Waals surface area contributed by atoms with E-state index in [1.807, 2.05) is 31.2 Å². The number of carbonyl (C=O) groups is 2. The number of ether oxygens (including phenoxy) is 3. The molecule has 0 radical (unpaired) electrons. The molecular weight excluding hydrogens is 344 g/mol. The van der Waals surface area contributed by atoms with Crippen LogP contribution < -0.4 is 14.2 Å². The Hall–Kier alpha value is -3.34. The predicted octanol–water partition coefficient (Wildman–Crippen LogP) is 4.43. The van der Waals surface area contributed by atoms with Crippen LogP contribution in [-0.2, 0) is 4.79 Å². The highest BCUT2D eigenvalue weighted by molar-refractivity contribution is 5.95. The van der Waals surface area contributed by atoms with Crippen LogP contribution in [0.5, 0.6) is 17.2 Å². The van der Waals surface area contributed by atoms with Gasteiger partial charge in [-0.15, -0.1) is 0 Å². The lowest BCUT2D eigenvalue weighted by molar-refractivity contribution is -0.136. The monoisotopic (exact) mass is 364 g/mol. The Morgan fingerprint density at radius 2 is 1.44 bits per heavy atom. The fraction of sp³-hybridized carbons (Fsp3) is 0.182. The molecule has 0 saturated carbocycles. The van der Waals surface area contributed by atoms with Crippen molar-refractivity contribution in [3.63, 3.8) is 0 Å². The van der Waals surface area contributed by atoms with Gasteiger partial charge in [0.1, 0.15) is 17.2 Å². The van der Waals surface area contributed by atoms with Crippen molar-refractivity contribution < 1.29 is 23.8 Å². The van der Waals surface area contributed by atoms with Crippen LogP contribution in [0.3, 0.4) is 0 Å². The minimum Gasteiger partial charge on any atom is -0.497 e. The fourth-order valence-corrected chi connectivity index (χ4v) is 2.64. The van der Waals surface area contributed by atoms with Crippen LogP contribution in [0.15, 0.2) is 60.7 Å². The zero-order valence-corrected chi connectivity index (χ0v) is 15.2. The molecular formula is C22H20O5. The maximum absolute atomic E-state index is 12.0. The van der Waals surface area contributed by atoms with E-state index >= 15 is 0 Å². The fourth-order valence-electron chi connectivity index (χ4n) is 2.64. The summed E-state index contributed by atoms with van der Waals surface area (Å²) in [6.45, 7) is 1.59. The van der Waals surface area contributed by atoms with Crippen molar-refractivity contribution in [1.82, 2.24) is 0 Å². The van der Waals surface area contributed by atoms with Gasteiger partial charge in [0.2, 0.25) is 0 Å². The van der Waals surface area contributed by atoms with Crippen LogP contribution >= 0.6 is 0 Å². The van der Waals surface area contributed by atoms with Gasteiger partial charge in [-0.2, -0.15) is 0 Å². The lowest BCUT2D eigenvalue weighted by Crippen LogP contribution is -2.17. The molecule has 3 rings (SSSR count). The average Bonchev–Trinajstić information content (AvgIpc) is 2.71. The molecule has 0 heterocycles. The number of methoxy groups -OCH3 is 1. The Kier molecular flexibility index (Phi) is 5.71. The number of esters is 1. The summed E-state index contributed by atoms with van der Waals surface area (Å²) in [6.07, 6.45) is 0.449. The summed E-state index contributed by atoms with van der Waals surface area (Å²) < 4.78 is 16.0. The Morgan fingerprint density at radius 1 is 0.815 bits per heavy atom. The second kappa shape index (κ2) is 8.36. The van der Waals surface area contributed by atoms with Gasteiger partial charge in [0.05, 0.1) is 7.11 Å². The smallest absolute Gasteiger partial charge is 0.349 e.